The molecule has 0 spiro atoms. The van der Waals surface area contributed by atoms with Crippen LogP contribution in [0.3, 0.4) is 0 Å². The number of rotatable bonds is 0. The molecule has 0 unspecified atom stereocenters. The van der Waals surface area contributed by atoms with Crippen LogP contribution in [0.15, 0.2) is 29.0 Å². The normalized spacial score (nSPS) is 11.6. The highest BCUT2D eigenvalue weighted by Gasteiger charge is 2.06. The summed E-state index contributed by atoms with van der Waals surface area (Å²) >= 11 is 0. The number of aromatic nitrogens is 1. The van der Waals surface area contributed by atoms with Crippen molar-refractivity contribution in [2.75, 3.05) is 0 Å². The quantitative estimate of drug-likeness (QED) is 0.570. The fourth-order valence-corrected chi connectivity index (χ4v) is 1.91. The van der Waals surface area contributed by atoms with Gasteiger partial charge in [0.05, 0.1) is 6.26 Å². The molecule has 14 heavy (non-hydrogen) atoms. The van der Waals surface area contributed by atoms with Gasteiger partial charge >= 0.3 is 0 Å². The van der Waals surface area contributed by atoms with E-state index in [0.717, 1.165) is 11.1 Å². The van der Waals surface area contributed by atoms with Gasteiger partial charge in [0.2, 0.25) is 0 Å². The molecule has 2 nitrogen and oxygen atoms in total. The molecule has 3 rings (SSSR count). The topological polar surface area (TPSA) is 28.9 Å². The lowest BCUT2D eigenvalue weighted by Gasteiger charge is -1.93. The molecule has 0 atom stereocenters. The Bertz CT molecular complexity index is 564. The van der Waals surface area contributed by atoms with E-state index in [9.17, 15) is 0 Å². The van der Waals surface area contributed by atoms with Gasteiger partial charge in [0.25, 0.3) is 0 Å². The highest BCUT2D eigenvalue weighted by molar-refractivity contribution is 5.97. The molecule has 0 saturated heterocycles. The minimum absolute atomic E-state index is 0.955. The molecule has 3 aromatic rings. The van der Waals surface area contributed by atoms with Crippen LogP contribution in [-0.2, 0) is 0 Å². The van der Waals surface area contributed by atoms with E-state index in [1.807, 2.05) is 6.20 Å². The van der Waals surface area contributed by atoms with Gasteiger partial charge in [-0.2, -0.15) is 0 Å². The molecule has 2 heterocycles. The van der Waals surface area contributed by atoms with Crippen LogP contribution < -0.4 is 0 Å². The summed E-state index contributed by atoms with van der Waals surface area (Å²) in [5, 5.41) is 2.49. The molecular weight excluding hydrogens is 174 g/mol. The van der Waals surface area contributed by atoms with Gasteiger partial charge in [-0.05, 0) is 31.0 Å². The van der Waals surface area contributed by atoms with Gasteiger partial charge in [0.15, 0.2) is 0 Å². The summed E-state index contributed by atoms with van der Waals surface area (Å²) < 4.78 is 5.45. The van der Waals surface area contributed by atoms with Crippen LogP contribution >= 0.6 is 0 Å². The molecule has 0 aliphatic heterocycles. The van der Waals surface area contributed by atoms with Crippen LogP contribution in [0.25, 0.3) is 21.9 Å². The predicted octanol–water partition coefficient (Wildman–Crippen LogP) is 3.53. The number of nitrogens with one attached hydrogen (secondary N) is 1. The molecule has 0 bridgehead atoms. The second kappa shape index (κ2) is 2.41. The summed E-state index contributed by atoms with van der Waals surface area (Å²) in [5.74, 6) is 0. The Hall–Kier alpha value is -1.70. The maximum absolute atomic E-state index is 5.45. The van der Waals surface area contributed by atoms with Crippen LogP contribution in [0, 0.1) is 13.8 Å². The summed E-state index contributed by atoms with van der Waals surface area (Å²) in [4.78, 5) is 3.23. The van der Waals surface area contributed by atoms with Crippen molar-refractivity contribution in [1.29, 1.82) is 0 Å². The lowest BCUT2D eigenvalue weighted by Crippen LogP contribution is -1.71. The van der Waals surface area contributed by atoms with Crippen LogP contribution in [0.1, 0.15) is 11.1 Å². The maximum Gasteiger partial charge on any atom is 0.136 e. The number of furan rings is 1. The molecule has 1 aromatic carbocycles. The van der Waals surface area contributed by atoms with Gasteiger partial charge in [0.1, 0.15) is 5.58 Å². The highest BCUT2D eigenvalue weighted by Crippen LogP contribution is 2.27. The minimum Gasteiger partial charge on any atom is -0.464 e. The summed E-state index contributed by atoms with van der Waals surface area (Å²) in [6.45, 7) is 4.18. The number of hydrogen-bond acceptors (Lipinski definition) is 1. The molecule has 70 valence electrons. The van der Waals surface area contributed by atoms with Gasteiger partial charge in [-0.1, -0.05) is 0 Å². The monoisotopic (exact) mass is 185 g/mol. The number of H-pyrrole nitrogens is 1. The summed E-state index contributed by atoms with van der Waals surface area (Å²) in [7, 11) is 0. The minimum atomic E-state index is 0.955. The van der Waals surface area contributed by atoms with E-state index in [0.29, 0.717) is 0 Å². The van der Waals surface area contributed by atoms with Crippen molar-refractivity contribution in [2.24, 2.45) is 0 Å². The predicted molar refractivity (Wildman–Crippen MR) is 57.5 cm³/mol. The third-order valence-corrected chi connectivity index (χ3v) is 2.78. The number of aromatic amines is 1. The van der Waals surface area contributed by atoms with Crippen molar-refractivity contribution in [3.8, 4) is 0 Å². The van der Waals surface area contributed by atoms with Gasteiger partial charge < -0.3 is 9.40 Å². The second-order valence-electron chi connectivity index (χ2n) is 3.78. The Morgan fingerprint density at radius 2 is 1.93 bits per heavy atom. The Morgan fingerprint density at radius 3 is 2.79 bits per heavy atom. The first-order valence-electron chi connectivity index (χ1n) is 4.71. The third-order valence-electron chi connectivity index (χ3n) is 2.78. The van der Waals surface area contributed by atoms with E-state index >= 15 is 0 Å². The zero-order valence-electron chi connectivity index (χ0n) is 8.22. The summed E-state index contributed by atoms with van der Waals surface area (Å²) in [6.07, 6.45) is 3.83. The van der Waals surface area contributed by atoms with Gasteiger partial charge in [-0.15, -0.1) is 0 Å². The molecule has 2 heteroatoms. The van der Waals surface area contributed by atoms with Crippen molar-refractivity contribution in [1.82, 2.24) is 4.98 Å². The first kappa shape index (κ1) is 7.68. The number of benzene rings is 1. The Kier molecular flexibility index (Phi) is 1.32. The average molecular weight is 185 g/mol. The van der Waals surface area contributed by atoms with Crippen molar-refractivity contribution >= 4 is 21.9 Å². The molecule has 0 radical (unpaired) electrons. The highest BCUT2D eigenvalue weighted by atomic mass is 16.3. The third kappa shape index (κ3) is 0.854. The van der Waals surface area contributed by atoms with Crippen molar-refractivity contribution in [3.63, 3.8) is 0 Å². The fourth-order valence-electron chi connectivity index (χ4n) is 1.91. The SMILES string of the molecule is Cc1c[nH]c2cc3occ(C)c3cc12. The summed E-state index contributed by atoms with van der Waals surface area (Å²) in [5.41, 5.74) is 4.58. The number of aryl methyl sites for hydroxylation is 2. The first-order chi connectivity index (χ1) is 6.75. The molecule has 0 fully saturated rings. The molecule has 0 amide bonds. The van der Waals surface area contributed by atoms with E-state index in [4.69, 9.17) is 4.42 Å². The van der Waals surface area contributed by atoms with Gasteiger partial charge in [-0.3, -0.25) is 0 Å². The first-order valence-corrected chi connectivity index (χ1v) is 4.71. The van der Waals surface area contributed by atoms with Crippen molar-refractivity contribution < 1.29 is 4.42 Å². The lowest BCUT2D eigenvalue weighted by atomic mass is 10.1. The molecule has 1 N–H and O–H groups in total. The molecule has 0 aliphatic carbocycles. The molecule has 0 aliphatic rings. The smallest absolute Gasteiger partial charge is 0.136 e. The molecule has 0 saturated carbocycles. The molecule has 2 aromatic heterocycles. The lowest BCUT2D eigenvalue weighted by molar-refractivity contribution is 0.613. The second-order valence-corrected chi connectivity index (χ2v) is 3.78. The average Bonchev–Trinajstić information content (AvgIpc) is 2.71. The van der Waals surface area contributed by atoms with Crippen LogP contribution in [0.2, 0.25) is 0 Å². The fraction of sp³-hybridized carbons (Fsp3) is 0.167. The Labute approximate surface area is 81.5 Å². The zero-order valence-corrected chi connectivity index (χ0v) is 8.22. The number of hydrogen-bond donors (Lipinski definition) is 1. The Balaban J connectivity index is 2.57. The van der Waals surface area contributed by atoms with E-state index < -0.39 is 0 Å². The molecular formula is C12H11NO. The van der Waals surface area contributed by atoms with Crippen LogP contribution in [0.4, 0.5) is 0 Å². The van der Waals surface area contributed by atoms with E-state index in [1.165, 1.54) is 21.9 Å². The largest absolute Gasteiger partial charge is 0.464 e. The van der Waals surface area contributed by atoms with Gasteiger partial charge in [-0.25, -0.2) is 0 Å². The zero-order chi connectivity index (χ0) is 9.71. The van der Waals surface area contributed by atoms with E-state index in [-0.39, 0.29) is 0 Å². The van der Waals surface area contributed by atoms with E-state index in [2.05, 4.69) is 31.0 Å². The van der Waals surface area contributed by atoms with Crippen LogP contribution in [-0.4, -0.2) is 4.98 Å². The van der Waals surface area contributed by atoms with Crippen molar-refractivity contribution in [3.05, 3.63) is 35.7 Å². The van der Waals surface area contributed by atoms with E-state index in [1.54, 1.807) is 6.26 Å². The standard InChI is InChI=1S/C12H11NO/c1-7-5-13-11-4-12-10(3-9(7)11)8(2)6-14-12/h3-6,13H,1-2H3. The van der Waals surface area contributed by atoms with Gasteiger partial charge in [0, 0.05) is 28.6 Å². The summed E-state index contributed by atoms with van der Waals surface area (Å²) in [6, 6.07) is 4.25. The Morgan fingerprint density at radius 1 is 1.07 bits per heavy atom. The maximum atomic E-state index is 5.45. The number of fused-ring (bicyclic) bond motifs is 2. The van der Waals surface area contributed by atoms with Crippen LogP contribution in [0.5, 0.6) is 0 Å². The van der Waals surface area contributed by atoms with Crippen molar-refractivity contribution in [2.45, 2.75) is 13.8 Å².